The van der Waals surface area contributed by atoms with Gasteiger partial charge in [0, 0.05) is 13.1 Å². The lowest BCUT2D eigenvalue weighted by Gasteiger charge is -2.15. The predicted molar refractivity (Wildman–Crippen MR) is 38.4 cm³/mol. The van der Waals surface area contributed by atoms with E-state index in [0.717, 1.165) is 0 Å². The Morgan fingerprint density at radius 3 is 2.70 bits per heavy atom. The van der Waals surface area contributed by atoms with Gasteiger partial charge in [-0.3, -0.25) is 0 Å². The molecule has 0 fully saturated rings. The topological polar surface area (TPSA) is 66.6 Å². The Morgan fingerprint density at radius 1 is 1.80 bits per heavy atom. The molecule has 0 aromatic carbocycles. The fourth-order valence-electron chi connectivity index (χ4n) is 0.568. The van der Waals surface area contributed by atoms with Crippen molar-refractivity contribution in [2.75, 3.05) is 19.7 Å². The highest BCUT2D eigenvalue weighted by Gasteiger charge is 2.04. The van der Waals surface area contributed by atoms with E-state index in [-0.39, 0.29) is 13.2 Å². The molecule has 0 saturated heterocycles. The fraction of sp³-hybridized carbons (Fsp3) is 0.500. The molecule has 58 valence electrons. The molecule has 2 amide bonds. The Hall–Kier alpha value is -1.03. The average Bonchev–Trinajstić information content (AvgIpc) is 1.87. The second-order valence-corrected chi connectivity index (χ2v) is 1.80. The van der Waals surface area contributed by atoms with Crippen LogP contribution in [0.15, 0.2) is 12.7 Å². The molecule has 0 atom stereocenters. The molecular weight excluding hydrogens is 132 g/mol. The molecule has 0 radical (unpaired) electrons. The van der Waals surface area contributed by atoms with E-state index < -0.39 is 6.03 Å². The number of amides is 2. The second kappa shape index (κ2) is 4.81. The van der Waals surface area contributed by atoms with Gasteiger partial charge in [0.15, 0.2) is 0 Å². The van der Waals surface area contributed by atoms with Crippen molar-refractivity contribution in [3.63, 3.8) is 0 Å². The van der Waals surface area contributed by atoms with E-state index in [9.17, 15) is 4.79 Å². The molecule has 10 heavy (non-hydrogen) atoms. The summed E-state index contributed by atoms with van der Waals surface area (Å²) in [5, 5.41) is 8.43. The summed E-state index contributed by atoms with van der Waals surface area (Å²) in [6.07, 6.45) is 1.56. The summed E-state index contributed by atoms with van der Waals surface area (Å²) in [5.74, 6) is 0. The van der Waals surface area contributed by atoms with Crippen molar-refractivity contribution in [2.45, 2.75) is 0 Å². The SMILES string of the molecule is C=CCN(CCO)C(N)=O. The Bertz CT molecular complexity index is 125. The molecule has 0 spiro atoms. The monoisotopic (exact) mass is 144 g/mol. The molecule has 0 unspecified atom stereocenters. The van der Waals surface area contributed by atoms with Crippen molar-refractivity contribution in [1.82, 2.24) is 4.90 Å². The van der Waals surface area contributed by atoms with Gasteiger partial charge in [0.05, 0.1) is 6.61 Å². The lowest BCUT2D eigenvalue weighted by Crippen LogP contribution is -2.37. The van der Waals surface area contributed by atoms with Crippen LogP contribution in [-0.4, -0.2) is 35.7 Å². The number of rotatable bonds is 4. The summed E-state index contributed by atoms with van der Waals surface area (Å²) in [6, 6.07) is -0.533. The molecule has 0 aliphatic heterocycles. The molecule has 0 saturated carbocycles. The molecule has 0 aliphatic carbocycles. The highest BCUT2D eigenvalue weighted by atomic mass is 16.3. The van der Waals surface area contributed by atoms with Crippen LogP contribution < -0.4 is 5.73 Å². The van der Waals surface area contributed by atoms with Gasteiger partial charge in [-0.15, -0.1) is 6.58 Å². The summed E-state index contributed by atoms with van der Waals surface area (Å²) in [5.41, 5.74) is 4.94. The number of hydrogen-bond acceptors (Lipinski definition) is 2. The van der Waals surface area contributed by atoms with Crippen molar-refractivity contribution >= 4 is 6.03 Å². The number of carbonyl (C=O) groups is 1. The van der Waals surface area contributed by atoms with Gasteiger partial charge in [-0.1, -0.05) is 6.08 Å². The van der Waals surface area contributed by atoms with Crippen LogP contribution in [0, 0.1) is 0 Å². The van der Waals surface area contributed by atoms with E-state index in [2.05, 4.69) is 6.58 Å². The van der Waals surface area contributed by atoms with Crippen LogP contribution in [0.25, 0.3) is 0 Å². The lowest BCUT2D eigenvalue weighted by atomic mass is 10.5. The maximum absolute atomic E-state index is 10.5. The number of carbonyl (C=O) groups excluding carboxylic acids is 1. The minimum absolute atomic E-state index is 0.0726. The first-order valence-electron chi connectivity index (χ1n) is 2.98. The summed E-state index contributed by atoms with van der Waals surface area (Å²) >= 11 is 0. The molecular formula is C6H12N2O2. The number of aliphatic hydroxyl groups is 1. The third-order valence-corrected chi connectivity index (χ3v) is 1.03. The third kappa shape index (κ3) is 3.09. The maximum atomic E-state index is 10.5. The van der Waals surface area contributed by atoms with Crippen LogP contribution in [0.1, 0.15) is 0 Å². The fourth-order valence-corrected chi connectivity index (χ4v) is 0.568. The minimum Gasteiger partial charge on any atom is -0.395 e. The van der Waals surface area contributed by atoms with Crippen molar-refractivity contribution in [3.05, 3.63) is 12.7 Å². The lowest BCUT2D eigenvalue weighted by molar-refractivity contribution is 0.192. The van der Waals surface area contributed by atoms with Gasteiger partial charge in [-0.2, -0.15) is 0 Å². The number of aliphatic hydroxyl groups excluding tert-OH is 1. The highest BCUT2D eigenvalue weighted by Crippen LogP contribution is 1.85. The third-order valence-electron chi connectivity index (χ3n) is 1.03. The van der Waals surface area contributed by atoms with Crippen molar-refractivity contribution in [2.24, 2.45) is 5.73 Å². The molecule has 0 rings (SSSR count). The van der Waals surface area contributed by atoms with E-state index in [4.69, 9.17) is 10.8 Å². The normalized spacial score (nSPS) is 8.90. The summed E-state index contributed by atoms with van der Waals surface area (Å²) < 4.78 is 0. The quantitative estimate of drug-likeness (QED) is 0.524. The highest BCUT2D eigenvalue weighted by molar-refractivity contribution is 5.72. The van der Waals surface area contributed by atoms with Gasteiger partial charge in [-0.25, -0.2) is 4.79 Å². The van der Waals surface area contributed by atoms with Crippen molar-refractivity contribution in [1.29, 1.82) is 0 Å². The van der Waals surface area contributed by atoms with Gasteiger partial charge in [0.1, 0.15) is 0 Å². The number of nitrogens with zero attached hydrogens (tertiary/aromatic N) is 1. The van der Waals surface area contributed by atoms with Crippen LogP contribution in [-0.2, 0) is 0 Å². The molecule has 4 heteroatoms. The maximum Gasteiger partial charge on any atom is 0.315 e. The minimum atomic E-state index is -0.533. The second-order valence-electron chi connectivity index (χ2n) is 1.80. The Balaban J connectivity index is 3.71. The number of urea groups is 1. The first kappa shape index (κ1) is 8.97. The van der Waals surface area contributed by atoms with E-state index in [1.54, 1.807) is 6.08 Å². The zero-order valence-corrected chi connectivity index (χ0v) is 5.79. The van der Waals surface area contributed by atoms with Crippen LogP contribution >= 0.6 is 0 Å². The molecule has 0 heterocycles. The van der Waals surface area contributed by atoms with Gasteiger partial charge < -0.3 is 15.7 Å². The first-order chi connectivity index (χ1) is 4.72. The standard InChI is InChI=1S/C6H12N2O2/c1-2-3-8(4-5-9)6(7)10/h2,9H,1,3-5H2,(H2,7,10). The van der Waals surface area contributed by atoms with Crippen LogP contribution in [0.2, 0.25) is 0 Å². The van der Waals surface area contributed by atoms with E-state index >= 15 is 0 Å². The molecule has 0 bridgehead atoms. The molecule has 0 aliphatic rings. The molecule has 0 aromatic heterocycles. The predicted octanol–water partition coefficient (Wildman–Crippen LogP) is -0.455. The van der Waals surface area contributed by atoms with Crippen LogP contribution in [0.5, 0.6) is 0 Å². The summed E-state index contributed by atoms with van der Waals surface area (Å²) in [6.45, 7) is 4.01. The summed E-state index contributed by atoms with van der Waals surface area (Å²) in [7, 11) is 0. The number of hydrogen-bond donors (Lipinski definition) is 2. The van der Waals surface area contributed by atoms with Gasteiger partial charge >= 0.3 is 6.03 Å². The van der Waals surface area contributed by atoms with Crippen molar-refractivity contribution < 1.29 is 9.90 Å². The van der Waals surface area contributed by atoms with Gasteiger partial charge in [0.25, 0.3) is 0 Å². The zero-order valence-electron chi connectivity index (χ0n) is 5.79. The zero-order chi connectivity index (χ0) is 7.98. The van der Waals surface area contributed by atoms with Crippen LogP contribution in [0.4, 0.5) is 4.79 Å². The Morgan fingerprint density at radius 2 is 2.40 bits per heavy atom. The van der Waals surface area contributed by atoms with Gasteiger partial charge in [0.2, 0.25) is 0 Å². The smallest absolute Gasteiger partial charge is 0.315 e. The van der Waals surface area contributed by atoms with Crippen molar-refractivity contribution in [3.8, 4) is 0 Å². The largest absolute Gasteiger partial charge is 0.395 e. The molecule has 0 aromatic rings. The van der Waals surface area contributed by atoms with Gasteiger partial charge in [-0.05, 0) is 0 Å². The molecule has 3 N–H and O–H groups in total. The number of nitrogens with two attached hydrogens (primary N) is 1. The first-order valence-corrected chi connectivity index (χ1v) is 2.98. The Kier molecular flexibility index (Phi) is 4.32. The number of primary amides is 1. The van der Waals surface area contributed by atoms with Crippen LogP contribution in [0.3, 0.4) is 0 Å². The van der Waals surface area contributed by atoms with E-state index in [0.29, 0.717) is 6.54 Å². The Labute approximate surface area is 59.9 Å². The molecule has 4 nitrogen and oxygen atoms in total. The summed E-state index contributed by atoms with van der Waals surface area (Å²) in [4.78, 5) is 11.8. The average molecular weight is 144 g/mol. The van der Waals surface area contributed by atoms with E-state index in [1.807, 2.05) is 0 Å². The van der Waals surface area contributed by atoms with E-state index in [1.165, 1.54) is 4.90 Å².